The molecule has 0 aliphatic rings. The molecule has 0 bridgehead atoms. The first-order valence-electron chi connectivity index (χ1n) is 6.43. The molecule has 0 heterocycles. The van der Waals surface area contributed by atoms with Crippen LogP contribution in [0.3, 0.4) is 0 Å². The molecule has 0 spiro atoms. The minimum Gasteiger partial charge on any atom is -0.249 e. The second kappa shape index (κ2) is 6.60. The molecule has 0 N–H and O–H groups in total. The molecule has 0 saturated heterocycles. The maximum atomic E-state index is 4.59. The minimum atomic E-state index is 0.899. The van der Waals surface area contributed by atoms with Gasteiger partial charge in [0.15, 0.2) is 0 Å². The Balaban J connectivity index is 2.03. The fourth-order valence-electron chi connectivity index (χ4n) is 1.90. The topological polar surface area (TPSA) is 14.1 Å². The molecule has 1 radical (unpaired) electrons. The molecular formula is C18H18N. The average Bonchev–Trinajstić information content (AvgIpc) is 2.44. The predicted molar refractivity (Wildman–Crippen MR) is 82.1 cm³/mol. The van der Waals surface area contributed by atoms with Gasteiger partial charge in [0.05, 0.1) is 11.4 Å². The Bertz CT molecular complexity index is 483. The number of allylic oxidation sites excluding steroid dienone is 2. The molecular weight excluding hydrogens is 230 g/mol. The number of nitrogens with zero attached hydrogens (tertiary/aromatic N) is 1. The van der Waals surface area contributed by atoms with Gasteiger partial charge < -0.3 is 0 Å². The first-order chi connectivity index (χ1) is 9.31. The Hall–Kier alpha value is -2.28. The van der Waals surface area contributed by atoms with E-state index in [0.717, 1.165) is 24.2 Å². The van der Waals surface area contributed by atoms with Crippen molar-refractivity contribution in [3.8, 4) is 0 Å². The molecule has 95 valence electrons. The average molecular weight is 248 g/mol. The molecule has 0 aliphatic heterocycles. The van der Waals surface area contributed by atoms with Crippen molar-refractivity contribution in [2.45, 2.75) is 12.8 Å². The van der Waals surface area contributed by atoms with Gasteiger partial charge in [-0.15, -0.1) is 13.2 Å². The van der Waals surface area contributed by atoms with Crippen LogP contribution in [-0.4, -0.2) is 0 Å². The van der Waals surface area contributed by atoms with Gasteiger partial charge in [0.1, 0.15) is 0 Å². The third-order valence-electron chi connectivity index (χ3n) is 2.89. The van der Waals surface area contributed by atoms with Gasteiger partial charge in [-0.2, -0.15) is 0 Å². The van der Waals surface area contributed by atoms with E-state index < -0.39 is 0 Å². The van der Waals surface area contributed by atoms with Crippen LogP contribution in [0.25, 0.3) is 0 Å². The summed E-state index contributed by atoms with van der Waals surface area (Å²) in [5.74, 6) is 0. The van der Waals surface area contributed by atoms with Crippen molar-refractivity contribution >= 4 is 11.4 Å². The Morgan fingerprint density at radius 2 is 1.05 bits per heavy atom. The summed E-state index contributed by atoms with van der Waals surface area (Å²) in [6.45, 7) is 7.48. The molecule has 19 heavy (non-hydrogen) atoms. The maximum Gasteiger partial charge on any atom is 0.0637 e. The lowest BCUT2D eigenvalue weighted by Gasteiger charge is -2.05. The Kier molecular flexibility index (Phi) is 4.57. The van der Waals surface area contributed by atoms with Crippen LogP contribution in [0.1, 0.15) is 11.1 Å². The Morgan fingerprint density at radius 1 is 0.684 bits per heavy atom. The summed E-state index contributed by atoms with van der Waals surface area (Å²) < 4.78 is 0. The van der Waals surface area contributed by atoms with Crippen LogP contribution in [0.4, 0.5) is 11.4 Å². The van der Waals surface area contributed by atoms with Gasteiger partial charge in [-0.3, -0.25) is 0 Å². The fraction of sp³-hybridized carbons (Fsp3) is 0.111. The molecule has 0 atom stereocenters. The molecule has 0 aromatic heterocycles. The second-order valence-electron chi connectivity index (χ2n) is 4.43. The minimum absolute atomic E-state index is 0.899. The van der Waals surface area contributed by atoms with Gasteiger partial charge in [0.2, 0.25) is 0 Å². The molecule has 2 aromatic carbocycles. The van der Waals surface area contributed by atoms with Crippen LogP contribution >= 0.6 is 0 Å². The largest absolute Gasteiger partial charge is 0.249 e. The van der Waals surface area contributed by atoms with Crippen LogP contribution in [0.15, 0.2) is 73.8 Å². The number of hydrogen-bond acceptors (Lipinski definition) is 0. The van der Waals surface area contributed by atoms with Crippen molar-refractivity contribution in [3.63, 3.8) is 0 Å². The Labute approximate surface area is 115 Å². The third kappa shape index (κ3) is 3.85. The lowest BCUT2D eigenvalue weighted by atomic mass is 10.1. The molecule has 1 heteroatoms. The Morgan fingerprint density at radius 3 is 1.37 bits per heavy atom. The highest BCUT2D eigenvalue weighted by molar-refractivity contribution is 5.50. The predicted octanol–water partition coefficient (Wildman–Crippen LogP) is 4.71. The standard InChI is InChI=1S/C18H18N/c1-3-5-15-7-11-17(12-8-15)19-18-13-9-16(6-4-2)10-14-18/h3-4,7-14H,1-2,5-6H2. The van der Waals surface area contributed by atoms with E-state index in [9.17, 15) is 0 Å². The maximum absolute atomic E-state index is 4.59. The smallest absolute Gasteiger partial charge is 0.0637 e. The first kappa shape index (κ1) is 13.2. The van der Waals surface area contributed by atoms with E-state index in [4.69, 9.17) is 0 Å². The lowest BCUT2D eigenvalue weighted by molar-refractivity contribution is 1.16. The van der Waals surface area contributed by atoms with E-state index in [1.807, 2.05) is 36.4 Å². The molecule has 0 aliphatic carbocycles. The highest BCUT2D eigenvalue weighted by Crippen LogP contribution is 2.18. The third-order valence-corrected chi connectivity index (χ3v) is 2.89. The highest BCUT2D eigenvalue weighted by atomic mass is 14.9. The van der Waals surface area contributed by atoms with Crippen LogP contribution in [0, 0.1) is 0 Å². The summed E-state index contributed by atoms with van der Waals surface area (Å²) in [7, 11) is 0. The van der Waals surface area contributed by atoms with Gasteiger partial charge in [-0.25, -0.2) is 5.32 Å². The van der Waals surface area contributed by atoms with Crippen molar-refractivity contribution in [3.05, 3.63) is 85.0 Å². The van der Waals surface area contributed by atoms with E-state index in [-0.39, 0.29) is 0 Å². The van der Waals surface area contributed by atoms with Gasteiger partial charge in [0, 0.05) is 0 Å². The SMILES string of the molecule is C=CCc1ccc([N]c2ccc(CC=C)cc2)cc1. The molecule has 0 unspecified atom stereocenters. The van der Waals surface area contributed by atoms with Crippen LogP contribution in [0.2, 0.25) is 0 Å². The van der Waals surface area contributed by atoms with Gasteiger partial charge >= 0.3 is 0 Å². The highest BCUT2D eigenvalue weighted by Gasteiger charge is 1.98. The zero-order chi connectivity index (χ0) is 13.5. The molecule has 2 rings (SSSR count). The van der Waals surface area contributed by atoms with E-state index in [2.05, 4.69) is 42.7 Å². The van der Waals surface area contributed by atoms with Gasteiger partial charge in [0.25, 0.3) is 0 Å². The van der Waals surface area contributed by atoms with E-state index in [0.29, 0.717) is 0 Å². The van der Waals surface area contributed by atoms with Crippen LogP contribution < -0.4 is 5.32 Å². The van der Waals surface area contributed by atoms with E-state index in [1.165, 1.54) is 11.1 Å². The monoisotopic (exact) mass is 248 g/mol. The number of benzene rings is 2. The van der Waals surface area contributed by atoms with Crippen LogP contribution in [0.5, 0.6) is 0 Å². The van der Waals surface area contributed by atoms with E-state index in [1.54, 1.807) is 0 Å². The van der Waals surface area contributed by atoms with Crippen molar-refractivity contribution in [1.82, 2.24) is 5.32 Å². The summed E-state index contributed by atoms with van der Waals surface area (Å²) in [5, 5.41) is 4.59. The summed E-state index contributed by atoms with van der Waals surface area (Å²) in [4.78, 5) is 0. The van der Waals surface area contributed by atoms with Crippen molar-refractivity contribution in [2.24, 2.45) is 0 Å². The number of hydrogen-bond donors (Lipinski definition) is 0. The molecule has 0 fully saturated rings. The fourth-order valence-corrected chi connectivity index (χ4v) is 1.90. The van der Waals surface area contributed by atoms with Crippen molar-refractivity contribution in [1.29, 1.82) is 0 Å². The number of rotatable bonds is 6. The zero-order valence-corrected chi connectivity index (χ0v) is 11.0. The quantitative estimate of drug-likeness (QED) is 0.657. The summed E-state index contributed by atoms with van der Waals surface area (Å²) in [5.41, 5.74) is 4.47. The van der Waals surface area contributed by atoms with Crippen molar-refractivity contribution in [2.75, 3.05) is 0 Å². The van der Waals surface area contributed by atoms with Crippen LogP contribution in [-0.2, 0) is 12.8 Å². The summed E-state index contributed by atoms with van der Waals surface area (Å²) >= 11 is 0. The lowest BCUT2D eigenvalue weighted by Crippen LogP contribution is -1.90. The van der Waals surface area contributed by atoms with Gasteiger partial charge in [-0.1, -0.05) is 36.4 Å². The van der Waals surface area contributed by atoms with Crippen molar-refractivity contribution < 1.29 is 0 Å². The molecule has 2 aromatic rings. The van der Waals surface area contributed by atoms with E-state index >= 15 is 0 Å². The summed E-state index contributed by atoms with van der Waals surface area (Å²) in [6.07, 6.45) is 5.61. The molecule has 1 nitrogen and oxygen atoms in total. The zero-order valence-electron chi connectivity index (χ0n) is 11.0. The normalized spacial score (nSPS) is 9.89. The summed E-state index contributed by atoms with van der Waals surface area (Å²) in [6, 6.07) is 16.5. The first-order valence-corrected chi connectivity index (χ1v) is 6.43. The van der Waals surface area contributed by atoms with Gasteiger partial charge in [-0.05, 0) is 48.2 Å². The molecule has 0 saturated carbocycles. The molecule has 0 amide bonds. The second-order valence-corrected chi connectivity index (χ2v) is 4.43.